The SMILES string of the molecule is Cc1c(C(=O)NNC(=O)c2cccnc2)sc2ccccc12. The quantitative estimate of drug-likeness (QED) is 0.715. The van der Waals surface area contributed by atoms with E-state index in [0.717, 1.165) is 15.6 Å². The predicted octanol–water partition coefficient (Wildman–Crippen LogP) is 2.68. The van der Waals surface area contributed by atoms with Gasteiger partial charge in [0.1, 0.15) is 0 Å². The van der Waals surface area contributed by atoms with Gasteiger partial charge in [-0.1, -0.05) is 18.2 Å². The van der Waals surface area contributed by atoms with E-state index in [9.17, 15) is 9.59 Å². The van der Waals surface area contributed by atoms with Crippen LogP contribution in [0.1, 0.15) is 25.6 Å². The molecule has 2 N–H and O–H groups in total. The highest BCUT2D eigenvalue weighted by Gasteiger charge is 2.16. The van der Waals surface area contributed by atoms with E-state index in [-0.39, 0.29) is 5.91 Å². The normalized spacial score (nSPS) is 10.4. The van der Waals surface area contributed by atoms with Crippen molar-refractivity contribution < 1.29 is 9.59 Å². The first kappa shape index (κ1) is 14.2. The van der Waals surface area contributed by atoms with Crippen molar-refractivity contribution >= 4 is 33.2 Å². The molecule has 22 heavy (non-hydrogen) atoms. The van der Waals surface area contributed by atoms with Gasteiger partial charge < -0.3 is 0 Å². The van der Waals surface area contributed by atoms with E-state index in [1.807, 2.05) is 31.2 Å². The van der Waals surface area contributed by atoms with Gasteiger partial charge in [-0.15, -0.1) is 11.3 Å². The summed E-state index contributed by atoms with van der Waals surface area (Å²) in [6, 6.07) is 11.1. The predicted molar refractivity (Wildman–Crippen MR) is 85.7 cm³/mol. The molecule has 0 aliphatic heterocycles. The minimum Gasteiger partial charge on any atom is -0.267 e. The lowest BCUT2D eigenvalue weighted by atomic mass is 10.1. The summed E-state index contributed by atoms with van der Waals surface area (Å²) in [5.74, 6) is -0.726. The zero-order valence-corrected chi connectivity index (χ0v) is 12.6. The molecule has 0 spiro atoms. The molecule has 1 aromatic carbocycles. The molecule has 0 bridgehead atoms. The third-order valence-electron chi connectivity index (χ3n) is 3.26. The highest BCUT2D eigenvalue weighted by molar-refractivity contribution is 7.21. The van der Waals surface area contributed by atoms with E-state index >= 15 is 0 Å². The molecule has 6 heteroatoms. The Morgan fingerprint density at radius 2 is 1.82 bits per heavy atom. The Bertz CT molecular complexity index is 843. The van der Waals surface area contributed by atoms with Gasteiger partial charge in [0.25, 0.3) is 11.8 Å². The van der Waals surface area contributed by atoms with Gasteiger partial charge in [0.05, 0.1) is 10.4 Å². The number of amides is 2. The van der Waals surface area contributed by atoms with Crippen LogP contribution in [-0.2, 0) is 0 Å². The Hall–Kier alpha value is -2.73. The third kappa shape index (κ3) is 2.68. The summed E-state index contributed by atoms with van der Waals surface area (Å²) >= 11 is 1.40. The van der Waals surface area contributed by atoms with Crippen LogP contribution < -0.4 is 10.9 Å². The number of rotatable bonds is 2. The van der Waals surface area contributed by atoms with Crippen LogP contribution in [0.2, 0.25) is 0 Å². The van der Waals surface area contributed by atoms with Gasteiger partial charge in [-0.05, 0) is 36.1 Å². The third-order valence-corrected chi connectivity index (χ3v) is 4.53. The van der Waals surface area contributed by atoms with Gasteiger partial charge >= 0.3 is 0 Å². The fraction of sp³-hybridized carbons (Fsp3) is 0.0625. The van der Waals surface area contributed by atoms with Gasteiger partial charge in [-0.3, -0.25) is 25.4 Å². The fourth-order valence-corrected chi connectivity index (χ4v) is 3.23. The zero-order valence-electron chi connectivity index (χ0n) is 11.8. The number of nitrogens with one attached hydrogen (secondary N) is 2. The monoisotopic (exact) mass is 311 g/mol. The van der Waals surface area contributed by atoms with E-state index in [1.165, 1.54) is 17.5 Å². The lowest BCUT2D eigenvalue weighted by Crippen LogP contribution is -2.41. The number of hydrazine groups is 1. The summed E-state index contributed by atoms with van der Waals surface area (Å²) in [5, 5.41) is 1.05. The molecule has 0 fully saturated rings. The van der Waals surface area contributed by atoms with Crippen molar-refractivity contribution in [1.29, 1.82) is 0 Å². The van der Waals surface area contributed by atoms with Crippen LogP contribution in [0.5, 0.6) is 0 Å². The molecule has 0 radical (unpaired) electrons. The first-order valence-corrected chi connectivity index (χ1v) is 7.47. The molecule has 110 valence electrons. The Morgan fingerprint density at radius 3 is 2.55 bits per heavy atom. The van der Waals surface area contributed by atoms with Gasteiger partial charge in [-0.2, -0.15) is 0 Å². The maximum Gasteiger partial charge on any atom is 0.280 e. The summed E-state index contributed by atoms with van der Waals surface area (Å²) in [6.45, 7) is 1.90. The molecule has 0 unspecified atom stereocenters. The summed E-state index contributed by atoms with van der Waals surface area (Å²) in [5.41, 5.74) is 6.14. The Labute approximate surface area is 131 Å². The van der Waals surface area contributed by atoms with Crippen LogP contribution >= 0.6 is 11.3 Å². The van der Waals surface area contributed by atoms with Gasteiger partial charge in [-0.25, -0.2) is 0 Å². The van der Waals surface area contributed by atoms with Crippen molar-refractivity contribution in [3.8, 4) is 0 Å². The lowest BCUT2D eigenvalue weighted by Gasteiger charge is -2.06. The molecule has 3 rings (SSSR count). The van der Waals surface area contributed by atoms with Crippen LogP contribution in [0.4, 0.5) is 0 Å². The van der Waals surface area contributed by atoms with E-state index in [4.69, 9.17) is 0 Å². The summed E-state index contributed by atoms with van der Waals surface area (Å²) < 4.78 is 1.05. The smallest absolute Gasteiger partial charge is 0.267 e. The number of carbonyl (C=O) groups excluding carboxylic acids is 2. The zero-order chi connectivity index (χ0) is 15.5. The van der Waals surface area contributed by atoms with Crippen molar-refractivity contribution in [3.63, 3.8) is 0 Å². The number of thiophene rings is 1. The number of benzene rings is 1. The second-order valence-electron chi connectivity index (χ2n) is 4.70. The molecular weight excluding hydrogens is 298 g/mol. The minimum atomic E-state index is -0.403. The fourth-order valence-electron chi connectivity index (χ4n) is 2.13. The molecule has 2 aromatic heterocycles. The minimum absolute atomic E-state index is 0.323. The first-order valence-electron chi connectivity index (χ1n) is 6.65. The maximum absolute atomic E-state index is 12.2. The molecular formula is C16H13N3O2S. The number of hydrogen-bond donors (Lipinski definition) is 2. The van der Waals surface area contributed by atoms with Crippen LogP contribution in [0.3, 0.4) is 0 Å². The molecule has 0 saturated heterocycles. The van der Waals surface area contributed by atoms with Crippen molar-refractivity contribution in [2.24, 2.45) is 0 Å². The molecule has 0 saturated carbocycles. The van der Waals surface area contributed by atoms with E-state index in [2.05, 4.69) is 15.8 Å². The van der Waals surface area contributed by atoms with Gasteiger partial charge in [0.2, 0.25) is 0 Å². The first-order chi connectivity index (χ1) is 10.7. The summed E-state index contributed by atoms with van der Waals surface area (Å²) in [4.78, 5) is 28.6. The van der Waals surface area contributed by atoms with Crippen LogP contribution in [0.25, 0.3) is 10.1 Å². The second-order valence-corrected chi connectivity index (χ2v) is 5.75. The maximum atomic E-state index is 12.2. The number of hydrogen-bond acceptors (Lipinski definition) is 4. The van der Waals surface area contributed by atoms with Gasteiger partial charge in [0.15, 0.2) is 0 Å². The largest absolute Gasteiger partial charge is 0.280 e. The van der Waals surface area contributed by atoms with Gasteiger partial charge in [0, 0.05) is 17.1 Å². The molecule has 2 amide bonds. The van der Waals surface area contributed by atoms with Crippen molar-refractivity contribution in [3.05, 3.63) is 64.8 Å². The molecule has 0 aliphatic carbocycles. The Balaban J connectivity index is 1.74. The van der Waals surface area contributed by atoms with Crippen LogP contribution in [0.15, 0.2) is 48.8 Å². The number of nitrogens with zero attached hydrogens (tertiary/aromatic N) is 1. The number of aromatic nitrogens is 1. The van der Waals surface area contributed by atoms with Crippen LogP contribution in [-0.4, -0.2) is 16.8 Å². The molecule has 5 nitrogen and oxygen atoms in total. The average Bonchev–Trinajstić information content (AvgIpc) is 2.90. The number of carbonyl (C=O) groups is 2. The van der Waals surface area contributed by atoms with Crippen molar-refractivity contribution in [2.75, 3.05) is 0 Å². The standard InChI is InChI=1S/C16H13N3O2S/c1-10-12-6-2-3-7-13(12)22-14(10)16(21)19-18-15(20)11-5-4-8-17-9-11/h2-9H,1H3,(H,18,20)(H,19,21). The molecule has 3 aromatic rings. The van der Waals surface area contributed by atoms with Crippen molar-refractivity contribution in [1.82, 2.24) is 15.8 Å². The highest BCUT2D eigenvalue weighted by atomic mass is 32.1. The molecule has 0 atom stereocenters. The second kappa shape index (κ2) is 5.95. The summed E-state index contributed by atoms with van der Waals surface area (Å²) in [6.07, 6.45) is 3.02. The number of pyridine rings is 1. The van der Waals surface area contributed by atoms with E-state index in [1.54, 1.807) is 18.3 Å². The Morgan fingerprint density at radius 1 is 1.05 bits per heavy atom. The summed E-state index contributed by atoms with van der Waals surface area (Å²) in [7, 11) is 0. The van der Waals surface area contributed by atoms with E-state index in [0.29, 0.717) is 10.4 Å². The van der Waals surface area contributed by atoms with Crippen LogP contribution in [0, 0.1) is 6.92 Å². The average molecular weight is 311 g/mol. The number of fused-ring (bicyclic) bond motifs is 1. The highest BCUT2D eigenvalue weighted by Crippen LogP contribution is 2.30. The van der Waals surface area contributed by atoms with E-state index < -0.39 is 5.91 Å². The number of aryl methyl sites for hydroxylation is 1. The lowest BCUT2D eigenvalue weighted by molar-refractivity contribution is 0.0848. The Kier molecular flexibility index (Phi) is 3.84. The molecule has 2 heterocycles. The molecule has 0 aliphatic rings. The topological polar surface area (TPSA) is 71.1 Å². The van der Waals surface area contributed by atoms with Crippen molar-refractivity contribution in [2.45, 2.75) is 6.92 Å².